The van der Waals surface area contributed by atoms with Gasteiger partial charge in [0, 0.05) is 18.6 Å². The van der Waals surface area contributed by atoms with Gasteiger partial charge < -0.3 is 10.0 Å². The van der Waals surface area contributed by atoms with Crippen LogP contribution in [0.25, 0.3) is 0 Å². The van der Waals surface area contributed by atoms with Crippen LogP contribution in [0.3, 0.4) is 0 Å². The Morgan fingerprint density at radius 3 is 2.61 bits per heavy atom. The van der Waals surface area contributed by atoms with Gasteiger partial charge in [0.25, 0.3) is 0 Å². The lowest BCUT2D eigenvalue weighted by Crippen LogP contribution is -2.18. The summed E-state index contributed by atoms with van der Waals surface area (Å²) in [7, 11) is 3.65. The highest BCUT2D eigenvalue weighted by Gasteiger charge is 2.16. The summed E-state index contributed by atoms with van der Waals surface area (Å²) >= 11 is 12.8. The molecular weight excluding hydrogens is 402 g/mol. The first kappa shape index (κ1) is 15.9. The topological polar surface area (TPSA) is 40.5 Å². The van der Waals surface area contributed by atoms with Crippen LogP contribution < -0.4 is 0 Å². The summed E-state index contributed by atoms with van der Waals surface area (Å²) in [6.45, 7) is 0. The summed E-state index contributed by atoms with van der Waals surface area (Å²) in [6, 6.07) is 3.28. The molecule has 0 aromatic heterocycles. The quantitative estimate of drug-likeness (QED) is 0.605. The van der Waals surface area contributed by atoms with E-state index in [-0.39, 0.29) is 22.8 Å². The van der Waals surface area contributed by atoms with E-state index in [1.807, 2.05) is 14.1 Å². The van der Waals surface area contributed by atoms with Gasteiger partial charge >= 0.3 is 0 Å². The number of Topliss-reactive ketones (excluding diaryl/α,β-unsaturated/α-hetero) is 1. The number of carbonyl (C=O) groups excluding carboxylic acids is 1. The molecule has 18 heavy (non-hydrogen) atoms. The van der Waals surface area contributed by atoms with Gasteiger partial charge in [-0.3, -0.25) is 4.79 Å². The van der Waals surface area contributed by atoms with Gasteiger partial charge in [-0.25, -0.2) is 0 Å². The Hall–Kier alpha value is -0.110. The highest BCUT2D eigenvalue weighted by Crippen LogP contribution is 2.32. The molecule has 0 aliphatic heterocycles. The number of hydrogen-bond donors (Lipinski definition) is 1. The van der Waals surface area contributed by atoms with Gasteiger partial charge in [0.05, 0.1) is 15.8 Å². The van der Waals surface area contributed by atoms with Crippen LogP contribution in [0.15, 0.2) is 21.1 Å². The zero-order valence-electron chi connectivity index (χ0n) is 9.74. The molecule has 0 amide bonds. The molecule has 1 aromatic rings. The minimum absolute atomic E-state index is 0.0421. The molecule has 3 nitrogen and oxygen atoms in total. The minimum Gasteiger partial charge on any atom is -0.506 e. The molecule has 0 aliphatic carbocycles. The van der Waals surface area contributed by atoms with Crippen LogP contribution in [-0.4, -0.2) is 40.0 Å². The highest BCUT2D eigenvalue weighted by molar-refractivity contribution is 9.11. The number of ketones is 1. The number of phenols is 1. The first-order valence-corrected chi connectivity index (χ1v) is 7.86. The molecule has 0 radical (unpaired) electrons. The van der Waals surface area contributed by atoms with Crippen molar-refractivity contribution in [3.63, 3.8) is 0 Å². The van der Waals surface area contributed by atoms with E-state index in [1.165, 1.54) is 11.8 Å². The van der Waals surface area contributed by atoms with E-state index >= 15 is 0 Å². The van der Waals surface area contributed by atoms with Crippen molar-refractivity contribution in [2.45, 2.75) is 0 Å². The van der Waals surface area contributed by atoms with E-state index in [1.54, 1.807) is 17.0 Å². The summed E-state index contributed by atoms with van der Waals surface area (Å²) < 4.78 is 1.85. The zero-order chi connectivity index (χ0) is 13.9. The molecule has 0 saturated heterocycles. The highest BCUT2D eigenvalue weighted by atomic mass is 79.9. The standard InChI is InChI=1S/C11H11Br2NO2S2/c1-14(2)11(17)18-5-9(15)7-3-6(12)4-8(13)10(7)16/h3-4,16H,5H2,1-2H3. The molecule has 0 spiro atoms. The molecule has 1 rings (SSSR count). The largest absolute Gasteiger partial charge is 0.506 e. The van der Waals surface area contributed by atoms with Crippen molar-refractivity contribution >= 4 is 65.9 Å². The van der Waals surface area contributed by atoms with Gasteiger partial charge in [-0.1, -0.05) is 39.9 Å². The normalized spacial score (nSPS) is 10.2. The van der Waals surface area contributed by atoms with Gasteiger partial charge in [0.2, 0.25) is 0 Å². The van der Waals surface area contributed by atoms with Gasteiger partial charge in [0.15, 0.2) is 5.78 Å². The maximum atomic E-state index is 12.0. The maximum Gasteiger partial charge on any atom is 0.176 e. The van der Waals surface area contributed by atoms with Crippen molar-refractivity contribution in [1.82, 2.24) is 4.90 Å². The number of thiocarbonyl (C=S) groups is 1. The summed E-state index contributed by atoms with van der Waals surface area (Å²) in [6.07, 6.45) is 0. The third-order valence-electron chi connectivity index (χ3n) is 2.02. The van der Waals surface area contributed by atoms with Crippen molar-refractivity contribution in [2.75, 3.05) is 19.8 Å². The minimum atomic E-state index is -0.163. The number of nitrogens with zero attached hydrogens (tertiary/aromatic N) is 1. The number of thioether (sulfide) groups is 1. The average molecular weight is 413 g/mol. The molecule has 0 atom stereocenters. The van der Waals surface area contributed by atoms with Crippen LogP contribution in [0.4, 0.5) is 0 Å². The number of hydrogen-bond acceptors (Lipinski definition) is 4. The van der Waals surface area contributed by atoms with Gasteiger partial charge in [-0.2, -0.15) is 0 Å². The Morgan fingerprint density at radius 1 is 1.44 bits per heavy atom. The summed E-state index contributed by atoms with van der Waals surface area (Å²) in [4.78, 5) is 13.8. The second kappa shape index (κ2) is 6.88. The van der Waals surface area contributed by atoms with Crippen molar-refractivity contribution in [3.05, 3.63) is 26.6 Å². The Morgan fingerprint density at radius 2 is 2.06 bits per heavy atom. The average Bonchev–Trinajstić information content (AvgIpc) is 2.29. The van der Waals surface area contributed by atoms with Crippen LogP contribution in [0.5, 0.6) is 5.75 Å². The third kappa shape index (κ3) is 4.22. The fraction of sp³-hybridized carbons (Fsp3) is 0.273. The lowest BCUT2D eigenvalue weighted by Gasteiger charge is -2.12. The molecule has 7 heteroatoms. The SMILES string of the molecule is CN(C)C(=S)SCC(=O)c1cc(Br)cc(Br)c1O. The predicted octanol–water partition coefficient (Wildman–Crippen LogP) is 3.68. The van der Waals surface area contributed by atoms with E-state index in [2.05, 4.69) is 31.9 Å². The zero-order valence-corrected chi connectivity index (χ0v) is 14.5. The number of carbonyl (C=O) groups is 1. The fourth-order valence-corrected chi connectivity index (χ4v) is 3.18. The van der Waals surface area contributed by atoms with Gasteiger partial charge in [-0.05, 0) is 28.1 Å². The number of phenolic OH excluding ortho intramolecular Hbond substituents is 1. The third-order valence-corrected chi connectivity index (χ3v) is 4.82. The molecule has 1 aromatic carbocycles. The first-order valence-electron chi connectivity index (χ1n) is 4.88. The Labute approximate surface area is 132 Å². The van der Waals surface area contributed by atoms with Gasteiger partial charge in [0.1, 0.15) is 10.1 Å². The van der Waals surface area contributed by atoms with E-state index in [9.17, 15) is 9.90 Å². The van der Waals surface area contributed by atoms with Gasteiger partial charge in [-0.15, -0.1) is 0 Å². The molecule has 0 bridgehead atoms. The fourth-order valence-electron chi connectivity index (χ4n) is 1.11. The predicted molar refractivity (Wildman–Crippen MR) is 86.6 cm³/mol. The number of rotatable bonds is 3. The van der Waals surface area contributed by atoms with Crippen LogP contribution in [0.1, 0.15) is 10.4 Å². The van der Waals surface area contributed by atoms with Crippen molar-refractivity contribution in [3.8, 4) is 5.75 Å². The van der Waals surface area contributed by atoms with Crippen molar-refractivity contribution in [1.29, 1.82) is 0 Å². The Kier molecular flexibility index (Phi) is 6.10. The van der Waals surface area contributed by atoms with E-state index in [0.717, 1.165) is 4.47 Å². The van der Waals surface area contributed by atoms with E-state index in [4.69, 9.17) is 12.2 Å². The second-order valence-electron chi connectivity index (χ2n) is 3.66. The number of benzene rings is 1. The summed E-state index contributed by atoms with van der Waals surface area (Å²) in [5.74, 6) is -0.00345. The molecule has 98 valence electrons. The monoisotopic (exact) mass is 411 g/mol. The molecular formula is C11H11Br2NO2S2. The van der Waals surface area contributed by atoms with Crippen LogP contribution >= 0.6 is 55.8 Å². The Bertz CT molecular complexity index is 492. The van der Waals surface area contributed by atoms with E-state index < -0.39 is 0 Å². The summed E-state index contributed by atoms with van der Waals surface area (Å²) in [5, 5.41) is 9.83. The Balaban J connectivity index is 2.82. The van der Waals surface area contributed by atoms with Crippen LogP contribution in [-0.2, 0) is 0 Å². The van der Waals surface area contributed by atoms with Crippen LogP contribution in [0.2, 0.25) is 0 Å². The van der Waals surface area contributed by atoms with E-state index in [0.29, 0.717) is 8.79 Å². The molecule has 1 N–H and O–H groups in total. The lowest BCUT2D eigenvalue weighted by atomic mass is 10.1. The molecule has 0 fully saturated rings. The van der Waals surface area contributed by atoms with Crippen molar-refractivity contribution < 1.29 is 9.90 Å². The summed E-state index contributed by atoms with van der Waals surface area (Å²) in [5.41, 5.74) is 0.283. The first-order chi connectivity index (χ1) is 8.32. The maximum absolute atomic E-state index is 12.0. The molecule has 0 heterocycles. The lowest BCUT2D eigenvalue weighted by molar-refractivity contribution is 0.102. The van der Waals surface area contributed by atoms with Crippen molar-refractivity contribution in [2.24, 2.45) is 0 Å². The molecule has 0 unspecified atom stereocenters. The number of halogens is 2. The molecule has 0 saturated carbocycles. The number of aromatic hydroxyl groups is 1. The smallest absolute Gasteiger partial charge is 0.176 e. The molecule has 0 aliphatic rings. The van der Waals surface area contributed by atoms with Crippen LogP contribution in [0, 0.1) is 0 Å². The second-order valence-corrected chi connectivity index (χ2v) is 7.04.